The van der Waals surface area contributed by atoms with Crippen LogP contribution >= 0.6 is 0 Å². The highest BCUT2D eigenvalue weighted by Crippen LogP contribution is 2.14. The Morgan fingerprint density at radius 2 is 1.82 bits per heavy atom. The van der Waals surface area contributed by atoms with Gasteiger partial charge in [-0.25, -0.2) is 0 Å². The molecule has 0 radical (unpaired) electrons. The number of likely N-dealkylation sites (N-methyl/N-ethyl adjacent to an activating group) is 1. The van der Waals surface area contributed by atoms with Crippen molar-refractivity contribution in [3.8, 4) is 5.75 Å². The van der Waals surface area contributed by atoms with Gasteiger partial charge in [0.25, 0.3) is 0 Å². The predicted molar refractivity (Wildman–Crippen MR) is 73.6 cm³/mol. The maximum atomic E-state index is 5.84. The van der Waals surface area contributed by atoms with E-state index < -0.39 is 0 Å². The van der Waals surface area contributed by atoms with Gasteiger partial charge < -0.3 is 10.1 Å². The van der Waals surface area contributed by atoms with E-state index in [-0.39, 0.29) is 0 Å². The van der Waals surface area contributed by atoms with Crippen molar-refractivity contribution >= 4 is 0 Å². The number of hydrogen-bond donors (Lipinski definition) is 1. The van der Waals surface area contributed by atoms with E-state index in [1.807, 2.05) is 12.1 Å². The Balaban J connectivity index is 2.48. The Morgan fingerprint density at radius 1 is 1.18 bits per heavy atom. The molecule has 0 spiro atoms. The zero-order valence-electron chi connectivity index (χ0n) is 11.5. The maximum absolute atomic E-state index is 5.84. The number of nitrogens with one attached hydrogen (secondary N) is 1. The Labute approximate surface area is 105 Å². The maximum Gasteiger partial charge on any atom is 0.119 e. The summed E-state index contributed by atoms with van der Waals surface area (Å²) in [6.45, 7) is 10.5. The van der Waals surface area contributed by atoms with E-state index in [1.165, 1.54) is 12.0 Å². The van der Waals surface area contributed by atoms with Crippen molar-refractivity contribution in [3.05, 3.63) is 29.8 Å². The third-order valence-electron chi connectivity index (χ3n) is 3.25. The molecule has 0 aliphatic carbocycles. The largest absolute Gasteiger partial charge is 0.492 e. The van der Waals surface area contributed by atoms with Crippen molar-refractivity contribution in [2.75, 3.05) is 13.2 Å². The first-order chi connectivity index (χ1) is 8.17. The van der Waals surface area contributed by atoms with Crippen LogP contribution in [0.4, 0.5) is 0 Å². The molecule has 0 saturated heterocycles. The lowest BCUT2D eigenvalue weighted by molar-refractivity contribution is 0.222. The summed E-state index contributed by atoms with van der Waals surface area (Å²) in [6, 6.07) is 8.68. The molecule has 1 aromatic rings. The summed E-state index contributed by atoms with van der Waals surface area (Å²) in [7, 11) is 0. The van der Waals surface area contributed by atoms with Gasteiger partial charge in [0.05, 0.1) is 0 Å². The van der Waals surface area contributed by atoms with E-state index >= 15 is 0 Å². The molecule has 0 aliphatic heterocycles. The van der Waals surface area contributed by atoms with Crippen LogP contribution in [0.25, 0.3) is 0 Å². The topological polar surface area (TPSA) is 21.3 Å². The molecular formula is C15H25NO. The van der Waals surface area contributed by atoms with Gasteiger partial charge in [-0.3, -0.25) is 0 Å². The summed E-state index contributed by atoms with van der Waals surface area (Å²) in [5.74, 6) is 1.60. The summed E-state index contributed by atoms with van der Waals surface area (Å²) >= 11 is 0. The molecule has 2 heteroatoms. The summed E-state index contributed by atoms with van der Waals surface area (Å²) < 4.78 is 5.84. The Hall–Kier alpha value is -1.02. The third-order valence-corrected chi connectivity index (χ3v) is 3.25. The lowest BCUT2D eigenvalue weighted by atomic mass is 10.00. The lowest BCUT2D eigenvalue weighted by Gasteiger charge is -2.24. The molecule has 1 rings (SSSR count). The summed E-state index contributed by atoms with van der Waals surface area (Å²) in [4.78, 5) is 0. The van der Waals surface area contributed by atoms with Gasteiger partial charge in [-0.15, -0.1) is 0 Å². The highest BCUT2D eigenvalue weighted by molar-refractivity contribution is 5.26. The van der Waals surface area contributed by atoms with Crippen molar-refractivity contribution in [1.29, 1.82) is 0 Å². The number of hydrogen-bond acceptors (Lipinski definition) is 2. The van der Waals surface area contributed by atoms with Crippen LogP contribution in [0.5, 0.6) is 5.75 Å². The van der Waals surface area contributed by atoms with Crippen LogP contribution in [0, 0.1) is 12.8 Å². The molecule has 2 atom stereocenters. The molecule has 2 nitrogen and oxygen atoms in total. The fraction of sp³-hybridized carbons (Fsp3) is 0.600. The van der Waals surface area contributed by atoms with Crippen LogP contribution in [0.15, 0.2) is 24.3 Å². The first-order valence-electron chi connectivity index (χ1n) is 6.60. The first-order valence-corrected chi connectivity index (χ1v) is 6.60. The molecular weight excluding hydrogens is 210 g/mol. The minimum absolute atomic E-state index is 0.436. The second kappa shape index (κ2) is 7.33. The SMILES string of the molecule is CCNC(COc1ccc(C)cc1)C(C)CC. The molecule has 0 bridgehead atoms. The fourth-order valence-corrected chi connectivity index (χ4v) is 1.79. The Morgan fingerprint density at radius 3 is 2.35 bits per heavy atom. The molecule has 0 aliphatic rings. The monoisotopic (exact) mass is 235 g/mol. The summed E-state index contributed by atoms with van der Waals surface area (Å²) in [6.07, 6.45) is 1.18. The smallest absolute Gasteiger partial charge is 0.119 e. The zero-order valence-corrected chi connectivity index (χ0v) is 11.5. The molecule has 96 valence electrons. The molecule has 0 heterocycles. The van der Waals surface area contributed by atoms with Gasteiger partial charge in [0.1, 0.15) is 12.4 Å². The van der Waals surface area contributed by atoms with Gasteiger partial charge in [0.15, 0.2) is 0 Å². The van der Waals surface area contributed by atoms with Crippen molar-refractivity contribution < 1.29 is 4.74 Å². The molecule has 2 unspecified atom stereocenters. The second-order valence-electron chi connectivity index (χ2n) is 4.67. The quantitative estimate of drug-likeness (QED) is 0.782. The van der Waals surface area contributed by atoms with Crippen LogP contribution in [0.2, 0.25) is 0 Å². The lowest BCUT2D eigenvalue weighted by Crippen LogP contribution is -2.39. The van der Waals surface area contributed by atoms with Gasteiger partial charge in [-0.1, -0.05) is 44.9 Å². The van der Waals surface area contributed by atoms with Gasteiger partial charge in [-0.05, 0) is 31.5 Å². The van der Waals surface area contributed by atoms with Gasteiger partial charge >= 0.3 is 0 Å². The van der Waals surface area contributed by atoms with Crippen molar-refractivity contribution in [2.45, 2.75) is 40.2 Å². The number of rotatable bonds is 7. The number of aryl methyl sites for hydroxylation is 1. The standard InChI is InChI=1S/C15H25NO/c1-5-13(4)15(16-6-2)11-17-14-9-7-12(3)8-10-14/h7-10,13,15-16H,5-6,11H2,1-4H3. The second-order valence-corrected chi connectivity index (χ2v) is 4.67. The molecule has 0 amide bonds. The highest BCUT2D eigenvalue weighted by atomic mass is 16.5. The molecule has 0 saturated carbocycles. The van der Waals surface area contributed by atoms with E-state index in [1.54, 1.807) is 0 Å². The average Bonchev–Trinajstić information content (AvgIpc) is 2.35. The van der Waals surface area contributed by atoms with Crippen LogP contribution in [0.3, 0.4) is 0 Å². The third kappa shape index (κ3) is 4.78. The molecule has 1 aromatic carbocycles. The number of ether oxygens (including phenoxy) is 1. The van der Waals surface area contributed by atoms with E-state index in [4.69, 9.17) is 4.74 Å². The molecule has 1 N–H and O–H groups in total. The average molecular weight is 235 g/mol. The Kier molecular flexibility index (Phi) is 6.06. The van der Waals surface area contributed by atoms with Crippen molar-refractivity contribution in [1.82, 2.24) is 5.32 Å². The summed E-state index contributed by atoms with van der Waals surface area (Å²) in [5.41, 5.74) is 1.27. The van der Waals surface area contributed by atoms with Crippen LogP contribution in [-0.2, 0) is 0 Å². The van der Waals surface area contributed by atoms with Crippen molar-refractivity contribution in [3.63, 3.8) is 0 Å². The van der Waals surface area contributed by atoms with E-state index in [0.717, 1.165) is 18.9 Å². The molecule has 0 aromatic heterocycles. The van der Waals surface area contributed by atoms with Crippen molar-refractivity contribution in [2.24, 2.45) is 5.92 Å². The number of benzene rings is 1. The zero-order chi connectivity index (χ0) is 12.7. The van der Waals surface area contributed by atoms with Gasteiger partial charge in [0.2, 0.25) is 0 Å². The van der Waals surface area contributed by atoms with E-state index in [0.29, 0.717) is 12.0 Å². The van der Waals surface area contributed by atoms with E-state index in [2.05, 4.69) is 45.1 Å². The van der Waals surface area contributed by atoms with Gasteiger partial charge in [0, 0.05) is 6.04 Å². The van der Waals surface area contributed by atoms with Gasteiger partial charge in [-0.2, -0.15) is 0 Å². The summed E-state index contributed by atoms with van der Waals surface area (Å²) in [5, 5.41) is 3.49. The first kappa shape index (κ1) is 14.0. The highest BCUT2D eigenvalue weighted by Gasteiger charge is 2.15. The van der Waals surface area contributed by atoms with Crippen LogP contribution < -0.4 is 10.1 Å². The Bertz CT molecular complexity index is 307. The van der Waals surface area contributed by atoms with Crippen LogP contribution in [0.1, 0.15) is 32.8 Å². The molecule has 0 fully saturated rings. The predicted octanol–water partition coefficient (Wildman–Crippen LogP) is 3.40. The van der Waals surface area contributed by atoms with E-state index in [9.17, 15) is 0 Å². The minimum Gasteiger partial charge on any atom is -0.492 e. The molecule has 17 heavy (non-hydrogen) atoms. The normalized spacial score (nSPS) is 14.4. The minimum atomic E-state index is 0.436. The van der Waals surface area contributed by atoms with Crippen LogP contribution in [-0.4, -0.2) is 19.2 Å². The fourth-order valence-electron chi connectivity index (χ4n) is 1.79.